The molecule has 0 aromatic rings. The molecule has 8 nitrogen and oxygen atoms in total. The highest BCUT2D eigenvalue weighted by Crippen LogP contribution is 2.09. The molecule has 0 aromatic carbocycles. The topological polar surface area (TPSA) is 103 Å². The molecule has 0 unspecified atom stereocenters. The summed E-state index contributed by atoms with van der Waals surface area (Å²) in [5, 5.41) is 3.17. The molecule has 2 N–H and O–H groups in total. The van der Waals surface area contributed by atoms with Crippen molar-refractivity contribution in [2.24, 2.45) is 0 Å². The van der Waals surface area contributed by atoms with Crippen LogP contribution in [0.1, 0.15) is 26.7 Å². The van der Waals surface area contributed by atoms with Crippen LogP contribution in [0.3, 0.4) is 0 Å². The van der Waals surface area contributed by atoms with Gasteiger partial charge in [0.25, 0.3) is 0 Å². The van der Waals surface area contributed by atoms with Gasteiger partial charge in [-0.3, -0.25) is 0 Å². The van der Waals surface area contributed by atoms with Gasteiger partial charge < -0.3 is 19.5 Å². The molecule has 1 aliphatic heterocycles. The van der Waals surface area contributed by atoms with Gasteiger partial charge in [0.15, 0.2) is 0 Å². The molecule has 1 aliphatic rings. The highest BCUT2D eigenvalue weighted by atomic mass is 32.2. The van der Waals surface area contributed by atoms with Crippen molar-refractivity contribution in [1.29, 1.82) is 0 Å². The number of carbonyl (C=O) groups excluding carboxylic acids is 1. The van der Waals surface area contributed by atoms with Crippen LogP contribution in [-0.2, 0) is 24.2 Å². The lowest BCUT2D eigenvalue weighted by molar-refractivity contribution is -0.0468. The first-order chi connectivity index (χ1) is 10.3. The second kappa shape index (κ2) is 9.29. The van der Waals surface area contributed by atoms with Gasteiger partial charge in [0.1, 0.15) is 18.8 Å². The summed E-state index contributed by atoms with van der Waals surface area (Å²) in [5.41, 5.74) is 0. The number of nitrogens with one attached hydrogen (secondary N) is 2. The van der Waals surface area contributed by atoms with Gasteiger partial charge in [0.2, 0.25) is 10.0 Å². The van der Waals surface area contributed by atoms with Crippen LogP contribution < -0.4 is 10.0 Å². The van der Waals surface area contributed by atoms with E-state index in [1.165, 1.54) is 0 Å². The number of piperidine rings is 1. The Morgan fingerprint density at radius 2 is 1.95 bits per heavy atom. The SMILES string of the molecule is CC(C)O[C@@H](CNS(C)(=O)=O)COC(=O)OC1CCNCC1. The van der Waals surface area contributed by atoms with Crippen molar-refractivity contribution in [2.75, 3.05) is 32.5 Å². The first-order valence-corrected chi connectivity index (χ1v) is 9.29. The Labute approximate surface area is 131 Å². The molecule has 0 saturated carbocycles. The molecule has 22 heavy (non-hydrogen) atoms. The van der Waals surface area contributed by atoms with E-state index in [0.29, 0.717) is 0 Å². The molecule has 1 heterocycles. The first kappa shape index (κ1) is 19.1. The molecule has 0 radical (unpaired) electrons. The monoisotopic (exact) mass is 338 g/mol. The summed E-state index contributed by atoms with van der Waals surface area (Å²) in [6.45, 7) is 5.24. The van der Waals surface area contributed by atoms with E-state index in [1.807, 2.05) is 13.8 Å². The second-order valence-electron chi connectivity index (χ2n) is 5.56. The van der Waals surface area contributed by atoms with Gasteiger partial charge in [0, 0.05) is 6.54 Å². The Morgan fingerprint density at radius 3 is 2.50 bits per heavy atom. The third-order valence-corrected chi connectivity index (χ3v) is 3.67. The molecule has 9 heteroatoms. The quantitative estimate of drug-likeness (QED) is 0.611. The third kappa shape index (κ3) is 9.19. The van der Waals surface area contributed by atoms with Crippen molar-refractivity contribution in [2.45, 2.75) is 45.0 Å². The fourth-order valence-electron chi connectivity index (χ4n) is 2.02. The molecule has 130 valence electrons. The average molecular weight is 338 g/mol. The zero-order valence-electron chi connectivity index (χ0n) is 13.3. The van der Waals surface area contributed by atoms with Crippen LogP contribution in [0.2, 0.25) is 0 Å². The van der Waals surface area contributed by atoms with E-state index in [4.69, 9.17) is 14.2 Å². The van der Waals surface area contributed by atoms with Crippen LogP contribution in [0, 0.1) is 0 Å². The Bertz CT molecular complexity index is 434. The molecule has 0 aromatic heterocycles. The second-order valence-corrected chi connectivity index (χ2v) is 7.39. The standard InChI is InChI=1S/C13H26N2O6S/c1-10(2)20-12(8-15-22(3,17)18)9-19-13(16)21-11-4-6-14-7-5-11/h10-12,14-15H,4-9H2,1-3H3/t12-/m0/s1. The van der Waals surface area contributed by atoms with Gasteiger partial charge in [-0.05, 0) is 39.8 Å². The van der Waals surface area contributed by atoms with Crippen LogP contribution in [-0.4, -0.2) is 65.4 Å². The summed E-state index contributed by atoms with van der Waals surface area (Å²) < 4.78 is 40.3. The van der Waals surface area contributed by atoms with Crippen LogP contribution >= 0.6 is 0 Å². The van der Waals surface area contributed by atoms with Crippen molar-refractivity contribution in [1.82, 2.24) is 10.0 Å². The predicted molar refractivity (Wildman–Crippen MR) is 81.2 cm³/mol. The van der Waals surface area contributed by atoms with E-state index >= 15 is 0 Å². The van der Waals surface area contributed by atoms with Crippen LogP contribution in [0.4, 0.5) is 4.79 Å². The summed E-state index contributed by atoms with van der Waals surface area (Å²) in [4.78, 5) is 11.6. The number of hydrogen-bond donors (Lipinski definition) is 2. The molecule has 0 aliphatic carbocycles. The van der Waals surface area contributed by atoms with Crippen molar-refractivity contribution in [3.05, 3.63) is 0 Å². The molecule has 1 fully saturated rings. The minimum atomic E-state index is -3.32. The van der Waals surface area contributed by atoms with Gasteiger partial charge in [0.05, 0.1) is 12.4 Å². The van der Waals surface area contributed by atoms with E-state index in [1.54, 1.807) is 0 Å². The Hall–Kier alpha value is -0.900. The van der Waals surface area contributed by atoms with E-state index in [9.17, 15) is 13.2 Å². The molecule has 1 saturated heterocycles. The lowest BCUT2D eigenvalue weighted by atomic mass is 10.1. The van der Waals surface area contributed by atoms with Crippen molar-refractivity contribution in [3.63, 3.8) is 0 Å². The summed E-state index contributed by atoms with van der Waals surface area (Å²) in [5.74, 6) is 0. The predicted octanol–water partition coefficient (Wildman–Crippen LogP) is 0.234. The van der Waals surface area contributed by atoms with Crippen molar-refractivity contribution in [3.8, 4) is 0 Å². The third-order valence-electron chi connectivity index (χ3n) is 2.97. The number of hydrogen-bond acceptors (Lipinski definition) is 7. The van der Waals surface area contributed by atoms with E-state index < -0.39 is 22.3 Å². The van der Waals surface area contributed by atoms with Gasteiger partial charge in [-0.15, -0.1) is 0 Å². The van der Waals surface area contributed by atoms with Crippen LogP contribution in [0.5, 0.6) is 0 Å². The van der Waals surface area contributed by atoms with Gasteiger partial charge in [-0.1, -0.05) is 0 Å². The maximum absolute atomic E-state index is 11.6. The van der Waals surface area contributed by atoms with Gasteiger partial charge in [-0.2, -0.15) is 0 Å². The Morgan fingerprint density at radius 1 is 1.32 bits per heavy atom. The normalized spacial score (nSPS) is 18.2. The molecular formula is C13H26N2O6S. The van der Waals surface area contributed by atoms with Crippen molar-refractivity contribution < 1.29 is 27.4 Å². The zero-order valence-corrected chi connectivity index (χ0v) is 14.1. The van der Waals surface area contributed by atoms with Gasteiger partial charge in [-0.25, -0.2) is 17.9 Å². The largest absolute Gasteiger partial charge is 0.508 e. The maximum Gasteiger partial charge on any atom is 0.508 e. The lowest BCUT2D eigenvalue weighted by Gasteiger charge is -2.23. The average Bonchev–Trinajstić information content (AvgIpc) is 2.41. The zero-order chi connectivity index (χ0) is 16.6. The highest BCUT2D eigenvalue weighted by Gasteiger charge is 2.20. The molecule has 0 amide bonds. The van der Waals surface area contributed by atoms with E-state index in [2.05, 4.69) is 10.0 Å². The number of carbonyl (C=O) groups is 1. The Balaban J connectivity index is 2.35. The molecule has 1 atom stereocenters. The summed E-state index contributed by atoms with van der Waals surface area (Å²) in [6.07, 6.45) is 1.03. The fraction of sp³-hybridized carbons (Fsp3) is 0.923. The smallest absolute Gasteiger partial charge is 0.431 e. The van der Waals surface area contributed by atoms with Crippen LogP contribution in [0.15, 0.2) is 0 Å². The summed E-state index contributed by atoms with van der Waals surface area (Å²) >= 11 is 0. The first-order valence-electron chi connectivity index (χ1n) is 7.40. The molecule has 0 spiro atoms. The molecular weight excluding hydrogens is 312 g/mol. The summed E-state index contributed by atoms with van der Waals surface area (Å²) in [6, 6.07) is 0. The van der Waals surface area contributed by atoms with E-state index in [-0.39, 0.29) is 25.4 Å². The molecule has 1 rings (SSSR count). The molecule has 0 bridgehead atoms. The lowest BCUT2D eigenvalue weighted by Crippen LogP contribution is -2.38. The number of ether oxygens (including phenoxy) is 3. The minimum absolute atomic E-state index is 0.0393. The van der Waals surface area contributed by atoms with Gasteiger partial charge >= 0.3 is 6.16 Å². The maximum atomic E-state index is 11.6. The van der Waals surface area contributed by atoms with E-state index in [0.717, 1.165) is 32.2 Å². The Kier molecular flexibility index (Phi) is 8.08. The minimum Gasteiger partial charge on any atom is -0.431 e. The fourth-order valence-corrected chi connectivity index (χ4v) is 2.51. The number of sulfonamides is 1. The highest BCUT2D eigenvalue weighted by molar-refractivity contribution is 7.88. The summed E-state index contributed by atoms with van der Waals surface area (Å²) in [7, 11) is -3.32. The number of rotatable bonds is 8. The van der Waals surface area contributed by atoms with Crippen molar-refractivity contribution >= 4 is 16.2 Å². The van der Waals surface area contributed by atoms with Crippen LogP contribution in [0.25, 0.3) is 0 Å².